The van der Waals surface area contributed by atoms with Crippen molar-refractivity contribution >= 4 is 23.4 Å². The number of amides is 2. The van der Waals surface area contributed by atoms with Gasteiger partial charge < -0.3 is 15.0 Å². The summed E-state index contributed by atoms with van der Waals surface area (Å²) in [6.45, 7) is 7.73. The zero-order chi connectivity index (χ0) is 21.6. The van der Waals surface area contributed by atoms with Crippen LogP contribution in [0.1, 0.15) is 38.8 Å². The Morgan fingerprint density at radius 1 is 1.10 bits per heavy atom. The topological polar surface area (TPSA) is 58.6 Å². The van der Waals surface area contributed by atoms with Crippen LogP contribution in [0.5, 0.6) is 5.75 Å². The van der Waals surface area contributed by atoms with Crippen molar-refractivity contribution in [3.8, 4) is 5.75 Å². The van der Waals surface area contributed by atoms with E-state index in [9.17, 15) is 9.59 Å². The third-order valence-electron chi connectivity index (χ3n) is 4.48. The van der Waals surface area contributed by atoms with Crippen molar-refractivity contribution in [2.75, 3.05) is 7.11 Å². The molecule has 0 radical (unpaired) electrons. The molecule has 6 heteroatoms. The first-order valence-corrected chi connectivity index (χ1v) is 9.96. The molecule has 0 aliphatic heterocycles. The minimum Gasteiger partial charge on any atom is -0.497 e. The Morgan fingerprint density at radius 3 is 2.28 bits per heavy atom. The fourth-order valence-electron chi connectivity index (χ4n) is 2.89. The van der Waals surface area contributed by atoms with E-state index in [-0.39, 0.29) is 30.3 Å². The van der Waals surface area contributed by atoms with Gasteiger partial charge in [0.15, 0.2) is 0 Å². The predicted molar refractivity (Wildman–Crippen MR) is 116 cm³/mol. The van der Waals surface area contributed by atoms with Crippen LogP contribution >= 0.6 is 11.6 Å². The fraction of sp³-hybridized carbons (Fsp3) is 0.391. The van der Waals surface area contributed by atoms with Crippen molar-refractivity contribution in [1.29, 1.82) is 0 Å². The first-order valence-electron chi connectivity index (χ1n) is 9.58. The second kappa shape index (κ2) is 9.79. The third kappa shape index (κ3) is 6.79. The Kier molecular flexibility index (Phi) is 7.68. The molecule has 0 heterocycles. The van der Waals surface area contributed by atoms with Crippen LogP contribution < -0.4 is 10.1 Å². The second-order valence-electron chi connectivity index (χ2n) is 8.05. The number of halogens is 1. The van der Waals surface area contributed by atoms with Gasteiger partial charge >= 0.3 is 0 Å². The van der Waals surface area contributed by atoms with Crippen molar-refractivity contribution in [3.05, 3.63) is 64.7 Å². The van der Waals surface area contributed by atoms with Gasteiger partial charge in [-0.25, -0.2) is 0 Å². The van der Waals surface area contributed by atoms with Crippen LogP contribution in [0.4, 0.5) is 0 Å². The number of carbonyl (C=O) groups is 2. The zero-order valence-corrected chi connectivity index (χ0v) is 18.4. The molecule has 156 valence electrons. The maximum absolute atomic E-state index is 13.2. The molecule has 0 aliphatic rings. The highest BCUT2D eigenvalue weighted by molar-refractivity contribution is 6.31. The van der Waals surface area contributed by atoms with Crippen molar-refractivity contribution in [1.82, 2.24) is 10.2 Å². The van der Waals surface area contributed by atoms with Crippen LogP contribution in [-0.4, -0.2) is 35.4 Å². The molecule has 2 rings (SSSR count). The van der Waals surface area contributed by atoms with Gasteiger partial charge in [-0.2, -0.15) is 0 Å². The van der Waals surface area contributed by atoms with Crippen molar-refractivity contribution in [2.24, 2.45) is 0 Å². The summed E-state index contributed by atoms with van der Waals surface area (Å²) >= 11 is 6.30. The van der Waals surface area contributed by atoms with E-state index >= 15 is 0 Å². The molecule has 2 aromatic carbocycles. The van der Waals surface area contributed by atoms with Crippen molar-refractivity contribution in [3.63, 3.8) is 0 Å². The van der Waals surface area contributed by atoms with Crippen LogP contribution in [0.2, 0.25) is 5.02 Å². The molecule has 0 unspecified atom stereocenters. The Balaban J connectivity index is 2.25. The minimum atomic E-state index is -0.642. The first kappa shape index (κ1) is 22.8. The number of benzene rings is 2. The molecule has 0 aromatic heterocycles. The maximum atomic E-state index is 13.2. The van der Waals surface area contributed by atoms with Gasteiger partial charge in [0, 0.05) is 17.1 Å². The number of hydrogen-bond donors (Lipinski definition) is 1. The molecule has 0 bridgehead atoms. The number of nitrogens with one attached hydrogen (secondary N) is 1. The van der Waals surface area contributed by atoms with Gasteiger partial charge in [0.2, 0.25) is 11.8 Å². The molecule has 0 spiro atoms. The van der Waals surface area contributed by atoms with Gasteiger partial charge in [-0.05, 0) is 57.0 Å². The van der Waals surface area contributed by atoms with Gasteiger partial charge in [-0.1, -0.05) is 41.9 Å². The lowest BCUT2D eigenvalue weighted by atomic mass is 10.1. The maximum Gasteiger partial charge on any atom is 0.242 e. The minimum absolute atomic E-state index is 0.147. The number of rotatable bonds is 7. The van der Waals surface area contributed by atoms with Gasteiger partial charge in [0.25, 0.3) is 0 Å². The lowest BCUT2D eigenvalue weighted by Crippen LogP contribution is -2.52. The second-order valence-corrected chi connectivity index (χ2v) is 8.46. The van der Waals surface area contributed by atoms with E-state index in [1.807, 2.05) is 63.2 Å². The van der Waals surface area contributed by atoms with E-state index in [2.05, 4.69) is 5.32 Å². The molecule has 5 nitrogen and oxygen atoms in total. The normalized spacial score (nSPS) is 12.2. The molecule has 0 aliphatic carbocycles. The average molecular weight is 417 g/mol. The largest absolute Gasteiger partial charge is 0.497 e. The lowest BCUT2D eigenvalue weighted by Gasteiger charge is -2.31. The smallest absolute Gasteiger partial charge is 0.242 e. The molecule has 29 heavy (non-hydrogen) atoms. The summed E-state index contributed by atoms with van der Waals surface area (Å²) < 4.78 is 5.17. The number of carbonyl (C=O) groups excluding carboxylic acids is 2. The third-order valence-corrected chi connectivity index (χ3v) is 4.85. The monoisotopic (exact) mass is 416 g/mol. The highest BCUT2D eigenvalue weighted by Crippen LogP contribution is 2.20. The van der Waals surface area contributed by atoms with E-state index < -0.39 is 6.04 Å². The Labute approximate surface area is 178 Å². The molecular weight excluding hydrogens is 388 g/mol. The number of methoxy groups -OCH3 is 1. The first-order chi connectivity index (χ1) is 13.6. The SMILES string of the molecule is COc1ccc(CC(=O)N(Cc2ccccc2Cl)[C@@H](C)C(=O)NC(C)(C)C)cc1. The summed E-state index contributed by atoms with van der Waals surface area (Å²) in [7, 11) is 1.60. The van der Waals surface area contributed by atoms with Crippen LogP contribution in [0, 0.1) is 0 Å². The van der Waals surface area contributed by atoms with Gasteiger partial charge in [0.1, 0.15) is 11.8 Å². The van der Waals surface area contributed by atoms with Gasteiger partial charge in [-0.3, -0.25) is 9.59 Å². The van der Waals surface area contributed by atoms with Gasteiger partial charge in [0.05, 0.1) is 13.5 Å². The summed E-state index contributed by atoms with van der Waals surface area (Å²) in [5.74, 6) is 0.381. The quantitative estimate of drug-likeness (QED) is 0.735. The zero-order valence-electron chi connectivity index (χ0n) is 17.7. The van der Waals surface area contributed by atoms with Crippen molar-refractivity contribution in [2.45, 2.75) is 52.2 Å². The van der Waals surface area contributed by atoms with Crippen LogP contribution in [0.25, 0.3) is 0 Å². The molecule has 1 atom stereocenters. The molecule has 2 aromatic rings. The molecule has 0 fully saturated rings. The van der Waals surface area contributed by atoms with Crippen LogP contribution in [-0.2, 0) is 22.6 Å². The predicted octanol–water partition coefficient (Wildman–Crippen LogP) is 4.22. The summed E-state index contributed by atoms with van der Waals surface area (Å²) in [5.41, 5.74) is 1.26. The van der Waals surface area contributed by atoms with Gasteiger partial charge in [-0.15, -0.1) is 0 Å². The summed E-state index contributed by atoms with van der Waals surface area (Å²) in [6, 6.07) is 14.0. The molecular formula is C23H29ClN2O3. The Morgan fingerprint density at radius 2 is 1.72 bits per heavy atom. The summed E-state index contributed by atoms with van der Waals surface area (Å²) in [5, 5.41) is 3.52. The summed E-state index contributed by atoms with van der Waals surface area (Å²) in [6.07, 6.45) is 0.182. The van der Waals surface area contributed by atoms with E-state index in [0.29, 0.717) is 5.02 Å². The number of hydrogen-bond acceptors (Lipinski definition) is 3. The summed E-state index contributed by atoms with van der Waals surface area (Å²) in [4.78, 5) is 27.5. The van der Waals surface area contributed by atoms with Crippen LogP contribution in [0.15, 0.2) is 48.5 Å². The van der Waals surface area contributed by atoms with E-state index in [1.54, 1.807) is 25.0 Å². The lowest BCUT2D eigenvalue weighted by molar-refractivity contribution is -0.140. The standard InChI is InChI=1S/C23H29ClN2O3/c1-16(22(28)25-23(2,3)4)26(15-18-8-6-7-9-20(18)24)21(27)14-17-10-12-19(29-5)13-11-17/h6-13,16H,14-15H2,1-5H3,(H,25,28)/t16-/m0/s1. The number of ether oxygens (including phenoxy) is 1. The fourth-order valence-corrected chi connectivity index (χ4v) is 3.08. The van der Waals surface area contributed by atoms with E-state index in [1.165, 1.54) is 0 Å². The number of nitrogens with zero attached hydrogens (tertiary/aromatic N) is 1. The van der Waals surface area contributed by atoms with E-state index in [0.717, 1.165) is 16.9 Å². The Hall–Kier alpha value is -2.53. The molecule has 1 N–H and O–H groups in total. The van der Waals surface area contributed by atoms with Crippen molar-refractivity contribution < 1.29 is 14.3 Å². The highest BCUT2D eigenvalue weighted by Gasteiger charge is 2.28. The molecule has 0 saturated carbocycles. The van der Waals surface area contributed by atoms with Crippen LogP contribution in [0.3, 0.4) is 0 Å². The molecule has 0 saturated heterocycles. The highest BCUT2D eigenvalue weighted by atomic mass is 35.5. The molecule has 2 amide bonds. The Bertz CT molecular complexity index is 844. The van der Waals surface area contributed by atoms with E-state index in [4.69, 9.17) is 16.3 Å². The average Bonchev–Trinajstić information content (AvgIpc) is 2.66.